The van der Waals surface area contributed by atoms with E-state index in [1.165, 1.54) is 64.0 Å². The monoisotopic (exact) mass is 979 g/mol. The molecule has 4 amide bonds. The van der Waals surface area contributed by atoms with Gasteiger partial charge in [0.15, 0.2) is 6.61 Å². The number of methoxy groups -OCH3 is 1. The molecular weight excluding hydrogens is 920 g/mol. The number of benzene rings is 1. The van der Waals surface area contributed by atoms with E-state index in [4.69, 9.17) is 9.47 Å². The number of halogens is 5. The number of amides is 4. The summed E-state index contributed by atoms with van der Waals surface area (Å²) < 4.78 is 87.8. The Morgan fingerprint density at radius 2 is 1.86 bits per heavy atom. The van der Waals surface area contributed by atoms with Gasteiger partial charge >= 0.3 is 6.18 Å². The van der Waals surface area contributed by atoms with E-state index in [1.807, 2.05) is 0 Å². The normalized spacial score (nSPS) is 19.4. The Bertz CT molecular complexity index is 2650. The van der Waals surface area contributed by atoms with Gasteiger partial charge in [-0.2, -0.15) is 17.7 Å². The molecule has 5 unspecified atom stereocenters. The highest BCUT2D eigenvalue weighted by Gasteiger charge is 2.51. The quantitative estimate of drug-likeness (QED) is 0.0530. The molecule has 2 saturated heterocycles. The molecular formula is C50H60F5N8O7+. The van der Waals surface area contributed by atoms with Crippen LogP contribution in [-0.2, 0) is 58.4 Å². The highest BCUT2D eigenvalue weighted by atomic mass is 19.4. The SMILES string of the molecule is C=CC(=O)N1CCC(C(=O)N(C)C(C(=O)NC(Cc2cc(-c3ccc4c5c(c(-c6cccnc6C(C)OC)n4CC(F)(F)F)CC(C)(COC=O)[n+]35)cc(C(F)F)c2)C(=O)N2CCCCN2)C(C)C)C1. The number of carbonyl (C=O) groups excluding carboxylic acids is 5. The van der Waals surface area contributed by atoms with Crippen LogP contribution in [0.2, 0.25) is 0 Å². The van der Waals surface area contributed by atoms with Crippen LogP contribution in [0.1, 0.15) is 81.9 Å². The van der Waals surface area contributed by atoms with E-state index in [1.54, 1.807) is 56.5 Å². The van der Waals surface area contributed by atoms with Crippen molar-refractivity contribution in [2.24, 2.45) is 11.8 Å². The zero-order valence-corrected chi connectivity index (χ0v) is 40.2. The Kier molecular flexibility index (Phi) is 15.5. The van der Waals surface area contributed by atoms with Crippen LogP contribution in [0, 0.1) is 11.8 Å². The molecule has 2 fully saturated rings. The van der Waals surface area contributed by atoms with E-state index >= 15 is 8.78 Å². The van der Waals surface area contributed by atoms with Gasteiger partial charge in [-0.05, 0) is 80.1 Å². The van der Waals surface area contributed by atoms with Gasteiger partial charge in [-0.3, -0.25) is 34.0 Å². The second-order valence-electron chi connectivity index (χ2n) is 19.0. The molecule has 0 spiro atoms. The van der Waals surface area contributed by atoms with Crippen LogP contribution >= 0.6 is 0 Å². The molecule has 6 heterocycles. The van der Waals surface area contributed by atoms with E-state index in [0.29, 0.717) is 60.5 Å². The van der Waals surface area contributed by atoms with Crippen molar-refractivity contribution in [3.63, 3.8) is 0 Å². The van der Waals surface area contributed by atoms with Crippen LogP contribution in [0.4, 0.5) is 22.0 Å². The second kappa shape index (κ2) is 21.0. The fourth-order valence-corrected chi connectivity index (χ4v) is 10.4. The summed E-state index contributed by atoms with van der Waals surface area (Å²) >= 11 is 0. The fourth-order valence-electron chi connectivity index (χ4n) is 10.4. The molecule has 376 valence electrons. The van der Waals surface area contributed by atoms with Gasteiger partial charge < -0.3 is 29.2 Å². The van der Waals surface area contributed by atoms with E-state index < -0.39 is 72.1 Å². The summed E-state index contributed by atoms with van der Waals surface area (Å²) in [7, 11) is 2.96. The standard InChI is InChI=1S/C50H59F5N8O7/c1-8-40(65)60-19-15-32(25-60)47(67)59(6)42(29(2)3)46(66)58-37(48(68)62-18-10-9-17-57-62)22-31-20-33(23-34(21-31)45(51)52)38-13-14-39-44-36(24-49(5,63(38)44)27-70-28-64)43(61(39)26-50(53,54)55)35-12-11-16-56-41(35)30(4)69-7/h8,11-14,16,20-21,23,28-30,32,37,42,45,57H,1,9-10,15,17-19,22,24-27H2,2-7H3/p+1. The predicted molar refractivity (Wildman–Crippen MR) is 247 cm³/mol. The summed E-state index contributed by atoms with van der Waals surface area (Å²) in [6.07, 6.45) is -3.96. The van der Waals surface area contributed by atoms with E-state index in [-0.39, 0.29) is 66.6 Å². The zero-order chi connectivity index (χ0) is 50.8. The second-order valence-corrected chi connectivity index (χ2v) is 19.0. The average molecular weight is 980 g/mol. The molecule has 15 nitrogen and oxygen atoms in total. The van der Waals surface area contributed by atoms with Crippen molar-refractivity contribution in [2.45, 2.75) is 103 Å². The summed E-state index contributed by atoms with van der Waals surface area (Å²) in [6.45, 7) is 10.5. The Hall–Kier alpha value is -6.28. The first-order chi connectivity index (χ1) is 33.2. The Balaban J connectivity index is 1.34. The van der Waals surface area contributed by atoms with Crippen LogP contribution in [0.25, 0.3) is 33.5 Å². The van der Waals surface area contributed by atoms with Crippen molar-refractivity contribution >= 4 is 41.1 Å². The number of aromatic nitrogens is 3. The predicted octanol–water partition coefficient (Wildman–Crippen LogP) is 5.98. The third kappa shape index (κ3) is 10.4. The molecule has 4 aromatic rings. The van der Waals surface area contributed by atoms with Gasteiger partial charge in [-0.1, -0.05) is 20.4 Å². The summed E-state index contributed by atoms with van der Waals surface area (Å²) in [6, 6.07) is 8.08. The first-order valence-electron chi connectivity index (χ1n) is 23.4. The van der Waals surface area contributed by atoms with Crippen molar-refractivity contribution in [2.75, 3.05) is 46.9 Å². The lowest BCUT2D eigenvalue weighted by Crippen LogP contribution is -2.59. The van der Waals surface area contributed by atoms with E-state index in [9.17, 15) is 37.1 Å². The summed E-state index contributed by atoms with van der Waals surface area (Å²) in [5, 5.41) is 4.27. The lowest BCUT2D eigenvalue weighted by molar-refractivity contribution is -0.722. The van der Waals surface area contributed by atoms with Gasteiger partial charge in [0.25, 0.3) is 18.8 Å². The van der Waals surface area contributed by atoms with Gasteiger partial charge in [0, 0.05) is 89.1 Å². The van der Waals surface area contributed by atoms with Crippen molar-refractivity contribution < 1.29 is 60.0 Å². The van der Waals surface area contributed by atoms with Crippen LogP contribution in [0.3, 0.4) is 0 Å². The highest BCUT2D eigenvalue weighted by Crippen LogP contribution is 2.44. The molecule has 0 radical (unpaired) electrons. The molecule has 3 aliphatic heterocycles. The van der Waals surface area contributed by atoms with E-state index in [2.05, 4.69) is 22.3 Å². The largest absolute Gasteiger partial charge is 0.460 e. The molecule has 2 N–H and O–H groups in total. The minimum Gasteiger partial charge on any atom is -0.460 e. The molecule has 3 aliphatic rings. The van der Waals surface area contributed by atoms with Crippen molar-refractivity contribution in [1.82, 2.24) is 35.1 Å². The summed E-state index contributed by atoms with van der Waals surface area (Å²) in [4.78, 5) is 74.2. The molecule has 0 bridgehead atoms. The van der Waals surface area contributed by atoms with Crippen LogP contribution < -0.4 is 15.3 Å². The van der Waals surface area contributed by atoms with Crippen molar-refractivity contribution in [3.8, 4) is 22.5 Å². The first-order valence-corrected chi connectivity index (χ1v) is 23.4. The third-order valence-corrected chi connectivity index (χ3v) is 13.7. The Morgan fingerprint density at radius 1 is 1.10 bits per heavy atom. The number of likely N-dealkylation sites (N-methyl/N-ethyl adjacent to an activating group) is 1. The molecule has 3 aromatic heterocycles. The number of hydrazine groups is 1. The van der Waals surface area contributed by atoms with Gasteiger partial charge in [0.05, 0.1) is 29.0 Å². The van der Waals surface area contributed by atoms with Gasteiger partial charge in [-0.15, -0.1) is 0 Å². The molecule has 70 heavy (non-hydrogen) atoms. The van der Waals surface area contributed by atoms with E-state index in [0.717, 1.165) is 6.42 Å². The third-order valence-electron chi connectivity index (χ3n) is 13.7. The number of hydrogen-bond donors (Lipinski definition) is 2. The average Bonchev–Trinajstić information content (AvgIpc) is 4.03. The highest BCUT2D eigenvalue weighted by molar-refractivity contribution is 5.94. The Labute approximate surface area is 402 Å². The Morgan fingerprint density at radius 3 is 2.50 bits per heavy atom. The molecule has 0 saturated carbocycles. The van der Waals surface area contributed by atoms with Gasteiger partial charge in [-0.25, -0.2) is 14.2 Å². The maximum Gasteiger partial charge on any atom is 0.406 e. The maximum absolute atomic E-state index is 15.1. The minimum atomic E-state index is -4.67. The fraction of sp³-hybridized carbons (Fsp3) is 0.500. The van der Waals surface area contributed by atoms with Crippen LogP contribution in [-0.4, -0.2) is 120 Å². The minimum absolute atomic E-state index is 0.0665. The number of nitrogens with zero attached hydrogens (tertiary/aromatic N) is 6. The number of pyridine rings is 2. The molecule has 7 rings (SSSR count). The molecule has 1 aromatic carbocycles. The van der Waals surface area contributed by atoms with Crippen LogP contribution in [0.5, 0.6) is 0 Å². The number of hydrogen-bond acceptors (Lipinski definition) is 9. The number of nitrogens with one attached hydrogen (secondary N) is 2. The molecule has 20 heteroatoms. The number of likely N-dealkylation sites (tertiary alicyclic amines) is 1. The number of alkyl halides is 5. The van der Waals surface area contributed by atoms with Crippen molar-refractivity contribution in [3.05, 3.63) is 83.7 Å². The summed E-state index contributed by atoms with van der Waals surface area (Å²) in [5.74, 6) is -2.86. The zero-order valence-electron chi connectivity index (χ0n) is 40.2. The van der Waals surface area contributed by atoms with Gasteiger partial charge in [0.1, 0.15) is 24.1 Å². The molecule has 0 aliphatic carbocycles. The maximum atomic E-state index is 15.1. The lowest BCUT2D eigenvalue weighted by Gasteiger charge is -2.35. The van der Waals surface area contributed by atoms with Crippen molar-refractivity contribution in [1.29, 1.82) is 0 Å². The first kappa shape index (κ1) is 51.6. The number of carbonyl (C=O) groups is 5. The van der Waals surface area contributed by atoms with Gasteiger partial charge in [0.2, 0.25) is 34.5 Å². The number of ether oxygens (including phenoxy) is 2. The topological polar surface area (TPSA) is 159 Å². The van der Waals surface area contributed by atoms with Crippen LogP contribution in [0.15, 0.2) is 61.3 Å². The molecule has 5 atom stereocenters. The number of rotatable bonds is 18. The lowest BCUT2D eigenvalue weighted by atomic mass is 9.93. The smallest absolute Gasteiger partial charge is 0.406 e. The summed E-state index contributed by atoms with van der Waals surface area (Å²) in [5.41, 5.74) is 4.31.